The van der Waals surface area contributed by atoms with Gasteiger partial charge in [0.05, 0.1) is 5.69 Å². The second-order valence-electron chi connectivity index (χ2n) is 6.11. The Morgan fingerprint density at radius 3 is 2.67 bits per heavy atom. The number of aromatic nitrogens is 2. The molecular weight excluding hydrogens is 262 g/mol. The SMILES string of the molecule is Cc1cccnc1C[C@@H](C)N(C)Cc1cc(C(C)C)on1. The first-order chi connectivity index (χ1) is 9.97. The van der Waals surface area contributed by atoms with Crippen LogP contribution < -0.4 is 0 Å². The second kappa shape index (κ2) is 6.85. The molecule has 2 aromatic rings. The van der Waals surface area contributed by atoms with Gasteiger partial charge < -0.3 is 4.52 Å². The largest absolute Gasteiger partial charge is 0.361 e. The van der Waals surface area contributed by atoms with Gasteiger partial charge in [-0.25, -0.2) is 0 Å². The van der Waals surface area contributed by atoms with Crippen molar-refractivity contribution in [3.63, 3.8) is 0 Å². The molecule has 0 aliphatic rings. The zero-order chi connectivity index (χ0) is 15.4. The average Bonchev–Trinajstić information content (AvgIpc) is 2.90. The van der Waals surface area contributed by atoms with Crippen LogP contribution in [0.25, 0.3) is 0 Å². The predicted molar refractivity (Wildman–Crippen MR) is 84.2 cm³/mol. The summed E-state index contributed by atoms with van der Waals surface area (Å²) in [5, 5.41) is 4.15. The topological polar surface area (TPSA) is 42.2 Å². The average molecular weight is 287 g/mol. The fraction of sp³-hybridized carbons (Fsp3) is 0.529. The van der Waals surface area contributed by atoms with Crippen LogP contribution in [0.5, 0.6) is 0 Å². The maximum atomic E-state index is 5.36. The first-order valence-electron chi connectivity index (χ1n) is 7.53. The lowest BCUT2D eigenvalue weighted by molar-refractivity contribution is 0.238. The minimum atomic E-state index is 0.380. The summed E-state index contributed by atoms with van der Waals surface area (Å²) in [6.07, 6.45) is 2.81. The molecule has 0 aliphatic carbocycles. The molecule has 4 nitrogen and oxygen atoms in total. The van der Waals surface area contributed by atoms with Gasteiger partial charge in [0.1, 0.15) is 5.76 Å². The highest BCUT2D eigenvalue weighted by atomic mass is 16.5. The number of likely N-dealkylation sites (N-methyl/N-ethyl adjacent to an activating group) is 1. The van der Waals surface area contributed by atoms with Gasteiger partial charge in [0.15, 0.2) is 0 Å². The third-order valence-corrected chi connectivity index (χ3v) is 3.92. The van der Waals surface area contributed by atoms with E-state index in [1.54, 1.807) is 0 Å². The van der Waals surface area contributed by atoms with Crippen LogP contribution in [-0.2, 0) is 13.0 Å². The molecule has 2 rings (SSSR count). The fourth-order valence-electron chi connectivity index (χ4n) is 2.25. The molecule has 0 saturated heterocycles. The molecule has 0 saturated carbocycles. The molecule has 0 spiro atoms. The summed E-state index contributed by atoms with van der Waals surface area (Å²) in [6.45, 7) is 9.35. The fourth-order valence-corrected chi connectivity index (χ4v) is 2.25. The number of nitrogens with zero attached hydrogens (tertiary/aromatic N) is 3. The number of rotatable bonds is 6. The highest BCUT2D eigenvalue weighted by Crippen LogP contribution is 2.17. The first kappa shape index (κ1) is 15.7. The normalized spacial score (nSPS) is 13.1. The van der Waals surface area contributed by atoms with E-state index in [0.29, 0.717) is 12.0 Å². The third kappa shape index (κ3) is 4.14. The van der Waals surface area contributed by atoms with E-state index >= 15 is 0 Å². The number of hydrogen-bond donors (Lipinski definition) is 0. The summed E-state index contributed by atoms with van der Waals surface area (Å²) in [7, 11) is 2.12. The Labute approximate surface area is 127 Å². The van der Waals surface area contributed by atoms with Crippen LogP contribution in [0.3, 0.4) is 0 Å². The standard InChI is InChI=1S/C17H25N3O/c1-12(2)17-10-15(19-21-17)11-20(5)14(4)9-16-13(3)7-6-8-18-16/h6-8,10,12,14H,9,11H2,1-5H3/t14-/m1/s1. The van der Waals surface area contributed by atoms with Crippen LogP contribution in [0.15, 0.2) is 28.9 Å². The van der Waals surface area contributed by atoms with Crippen molar-refractivity contribution in [2.24, 2.45) is 0 Å². The Kier molecular flexibility index (Phi) is 5.12. The van der Waals surface area contributed by atoms with Crippen LogP contribution in [-0.4, -0.2) is 28.1 Å². The van der Waals surface area contributed by atoms with E-state index < -0.39 is 0 Å². The molecule has 0 radical (unpaired) electrons. The van der Waals surface area contributed by atoms with E-state index in [9.17, 15) is 0 Å². The zero-order valence-electron chi connectivity index (χ0n) is 13.6. The van der Waals surface area contributed by atoms with Gasteiger partial charge in [-0.05, 0) is 32.5 Å². The van der Waals surface area contributed by atoms with Gasteiger partial charge in [0, 0.05) is 42.9 Å². The summed E-state index contributed by atoms with van der Waals surface area (Å²) in [5.74, 6) is 1.33. The van der Waals surface area contributed by atoms with Crippen molar-refractivity contribution in [3.8, 4) is 0 Å². The predicted octanol–water partition coefficient (Wildman–Crippen LogP) is 3.56. The third-order valence-electron chi connectivity index (χ3n) is 3.92. The minimum absolute atomic E-state index is 0.380. The van der Waals surface area contributed by atoms with Gasteiger partial charge in [-0.15, -0.1) is 0 Å². The maximum Gasteiger partial charge on any atom is 0.139 e. The Hall–Kier alpha value is -1.68. The van der Waals surface area contributed by atoms with Crippen LogP contribution >= 0.6 is 0 Å². The van der Waals surface area contributed by atoms with Gasteiger partial charge in [0.2, 0.25) is 0 Å². The van der Waals surface area contributed by atoms with Gasteiger partial charge >= 0.3 is 0 Å². The van der Waals surface area contributed by atoms with Gasteiger partial charge in [0.25, 0.3) is 0 Å². The Bertz CT molecular complexity index is 577. The lowest BCUT2D eigenvalue weighted by Crippen LogP contribution is -2.31. The molecule has 0 aliphatic heterocycles. The molecular formula is C17H25N3O. The lowest BCUT2D eigenvalue weighted by Gasteiger charge is -2.23. The molecule has 0 amide bonds. The van der Waals surface area contributed by atoms with Gasteiger partial charge in [-0.3, -0.25) is 9.88 Å². The second-order valence-corrected chi connectivity index (χ2v) is 6.11. The first-order valence-corrected chi connectivity index (χ1v) is 7.53. The van der Waals surface area contributed by atoms with Crippen molar-refractivity contribution in [3.05, 3.63) is 47.1 Å². The highest BCUT2D eigenvalue weighted by molar-refractivity contribution is 5.18. The molecule has 0 aromatic carbocycles. The highest BCUT2D eigenvalue weighted by Gasteiger charge is 2.15. The molecule has 4 heteroatoms. The molecule has 0 bridgehead atoms. The smallest absolute Gasteiger partial charge is 0.139 e. The van der Waals surface area contributed by atoms with Crippen LogP contribution in [0.2, 0.25) is 0 Å². The molecule has 2 aromatic heterocycles. The molecule has 0 unspecified atom stereocenters. The van der Waals surface area contributed by atoms with E-state index in [0.717, 1.165) is 24.4 Å². The quantitative estimate of drug-likeness (QED) is 0.814. The summed E-state index contributed by atoms with van der Waals surface area (Å²) in [4.78, 5) is 6.76. The van der Waals surface area contributed by atoms with E-state index in [1.165, 1.54) is 11.3 Å². The Morgan fingerprint density at radius 1 is 1.29 bits per heavy atom. The van der Waals surface area contributed by atoms with E-state index in [4.69, 9.17) is 4.52 Å². The molecule has 0 fully saturated rings. The Morgan fingerprint density at radius 2 is 2.05 bits per heavy atom. The summed E-state index contributed by atoms with van der Waals surface area (Å²) in [5.41, 5.74) is 3.41. The number of aryl methyl sites for hydroxylation is 1. The van der Waals surface area contributed by atoms with Crippen LogP contribution in [0, 0.1) is 6.92 Å². The zero-order valence-corrected chi connectivity index (χ0v) is 13.6. The molecule has 21 heavy (non-hydrogen) atoms. The number of pyridine rings is 1. The summed E-state index contributed by atoms with van der Waals surface area (Å²) in [6, 6.07) is 6.55. The van der Waals surface area contributed by atoms with Gasteiger partial charge in [-0.2, -0.15) is 0 Å². The van der Waals surface area contributed by atoms with E-state index in [1.807, 2.05) is 12.3 Å². The van der Waals surface area contributed by atoms with Crippen molar-refractivity contribution < 1.29 is 4.52 Å². The number of hydrogen-bond acceptors (Lipinski definition) is 4. The molecule has 0 N–H and O–H groups in total. The van der Waals surface area contributed by atoms with Crippen LogP contribution in [0.1, 0.15) is 49.4 Å². The summed E-state index contributed by atoms with van der Waals surface area (Å²) >= 11 is 0. The Balaban J connectivity index is 1.96. The van der Waals surface area contributed by atoms with Crippen molar-refractivity contribution in [1.29, 1.82) is 0 Å². The van der Waals surface area contributed by atoms with E-state index in [-0.39, 0.29) is 0 Å². The van der Waals surface area contributed by atoms with Crippen molar-refractivity contribution in [2.75, 3.05) is 7.05 Å². The molecule has 1 atom stereocenters. The molecule has 114 valence electrons. The van der Waals surface area contributed by atoms with Gasteiger partial charge in [-0.1, -0.05) is 25.1 Å². The monoisotopic (exact) mass is 287 g/mol. The van der Waals surface area contributed by atoms with Crippen LogP contribution in [0.4, 0.5) is 0 Å². The van der Waals surface area contributed by atoms with Crippen molar-refractivity contribution >= 4 is 0 Å². The maximum absolute atomic E-state index is 5.36. The summed E-state index contributed by atoms with van der Waals surface area (Å²) < 4.78 is 5.36. The molecule has 2 heterocycles. The van der Waals surface area contributed by atoms with Crippen molar-refractivity contribution in [1.82, 2.24) is 15.0 Å². The minimum Gasteiger partial charge on any atom is -0.361 e. The lowest BCUT2D eigenvalue weighted by atomic mass is 10.1. The van der Waals surface area contributed by atoms with E-state index in [2.05, 4.69) is 61.9 Å². The van der Waals surface area contributed by atoms with Crippen molar-refractivity contribution in [2.45, 2.75) is 52.6 Å².